The minimum absolute atomic E-state index is 0.341. The first-order valence-corrected chi connectivity index (χ1v) is 9.02. The lowest BCUT2D eigenvalue weighted by atomic mass is 10.1. The largest absolute Gasteiger partial charge is 0.494 e. The van der Waals surface area contributed by atoms with Crippen molar-refractivity contribution in [1.82, 2.24) is 15.6 Å². The highest BCUT2D eigenvalue weighted by Crippen LogP contribution is 2.25. The van der Waals surface area contributed by atoms with Crippen LogP contribution < -0.4 is 10.2 Å². The van der Waals surface area contributed by atoms with Gasteiger partial charge in [0, 0.05) is 17.3 Å². The first-order chi connectivity index (χ1) is 13.7. The van der Waals surface area contributed by atoms with Crippen LogP contribution in [-0.2, 0) is 0 Å². The van der Waals surface area contributed by atoms with Crippen LogP contribution in [0.1, 0.15) is 28.5 Å². The van der Waals surface area contributed by atoms with Gasteiger partial charge in [0.1, 0.15) is 11.4 Å². The predicted octanol–water partition coefficient (Wildman–Crippen LogP) is 4.21. The lowest BCUT2D eigenvalue weighted by molar-refractivity contribution is 0.0949. The van der Waals surface area contributed by atoms with E-state index >= 15 is 0 Å². The average Bonchev–Trinajstić information content (AvgIpc) is 3.11. The summed E-state index contributed by atoms with van der Waals surface area (Å²) in [4.78, 5) is 12.3. The third-order valence-electron chi connectivity index (χ3n) is 4.09. The van der Waals surface area contributed by atoms with Gasteiger partial charge < -0.3 is 4.74 Å². The topological polar surface area (TPSA) is 79.4 Å². The Kier molecular flexibility index (Phi) is 6.36. The van der Waals surface area contributed by atoms with Crippen molar-refractivity contribution in [2.75, 3.05) is 6.61 Å². The van der Waals surface area contributed by atoms with Crippen LogP contribution in [0.4, 0.5) is 0 Å². The second kappa shape index (κ2) is 9.32. The van der Waals surface area contributed by atoms with Crippen LogP contribution >= 0.6 is 0 Å². The summed E-state index contributed by atoms with van der Waals surface area (Å²) >= 11 is 0. The van der Waals surface area contributed by atoms with Crippen LogP contribution in [0.5, 0.6) is 5.75 Å². The van der Waals surface area contributed by atoms with E-state index in [4.69, 9.17) is 4.74 Å². The highest BCUT2D eigenvalue weighted by Gasteiger charge is 2.16. The SMILES string of the molecule is CCOc1ccc(-c2n[nH]c(C(=O)NN=CC=Cc3ccccc3)c2C)cc1. The molecule has 0 saturated carbocycles. The van der Waals surface area contributed by atoms with E-state index in [9.17, 15) is 4.79 Å². The minimum atomic E-state index is -0.341. The Morgan fingerprint density at radius 1 is 1.18 bits per heavy atom. The maximum Gasteiger partial charge on any atom is 0.289 e. The van der Waals surface area contributed by atoms with Gasteiger partial charge in [-0.15, -0.1) is 0 Å². The zero-order valence-electron chi connectivity index (χ0n) is 15.8. The van der Waals surface area contributed by atoms with Crippen LogP contribution in [0, 0.1) is 6.92 Å². The molecule has 0 spiro atoms. The molecular weight excluding hydrogens is 352 g/mol. The van der Waals surface area contributed by atoms with Gasteiger partial charge in [-0.05, 0) is 49.8 Å². The molecule has 0 saturated heterocycles. The highest BCUT2D eigenvalue weighted by atomic mass is 16.5. The number of aromatic nitrogens is 2. The van der Waals surface area contributed by atoms with Gasteiger partial charge in [-0.3, -0.25) is 9.89 Å². The quantitative estimate of drug-likeness (QED) is 0.480. The molecular formula is C22H22N4O2. The summed E-state index contributed by atoms with van der Waals surface area (Å²) in [6, 6.07) is 17.5. The van der Waals surface area contributed by atoms with Crippen LogP contribution in [0.3, 0.4) is 0 Å². The Balaban J connectivity index is 1.63. The number of allylic oxidation sites excluding steroid dienone is 1. The van der Waals surface area contributed by atoms with Gasteiger partial charge in [-0.1, -0.05) is 36.4 Å². The van der Waals surface area contributed by atoms with Crippen molar-refractivity contribution in [3.63, 3.8) is 0 Å². The first-order valence-electron chi connectivity index (χ1n) is 9.02. The van der Waals surface area contributed by atoms with Crippen LogP contribution in [0.15, 0.2) is 65.8 Å². The van der Waals surface area contributed by atoms with E-state index in [0.29, 0.717) is 12.3 Å². The summed E-state index contributed by atoms with van der Waals surface area (Å²) in [6.45, 7) is 4.41. The molecule has 0 fully saturated rings. The number of hydrogen-bond donors (Lipinski definition) is 2. The number of aromatic amines is 1. The number of rotatable bonds is 7. The molecule has 0 atom stereocenters. The molecule has 3 aromatic rings. The molecule has 0 radical (unpaired) electrons. The summed E-state index contributed by atoms with van der Waals surface area (Å²) in [7, 11) is 0. The predicted molar refractivity (Wildman–Crippen MR) is 111 cm³/mol. The lowest BCUT2D eigenvalue weighted by Crippen LogP contribution is -2.18. The highest BCUT2D eigenvalue weighted by molar-refractivity contribution is 5.95. The molecule has 0 bridgehead atoms. The Morgan fingerprint density at radius 2 is 1.93 bits per heavy atom. The van der Waals surface area contributed by atoms with Gasteiger partial charge in [-0.25, -0.2) is 5.43 Å². The van der Waals surface area contributed by atoms with Crippen molar-refractivity contribution < 1.29 is 9.53 Å². The van der Waals surface area contributed by atoms with E-state index in [0.717, 1.165) is 28.1 Å². The van der Waals surface area contributed by atoms with Crippen molar-refractivity contribution in [3.8, 4) is 17.0 Å². The standard InChI is InChI=1S/C22H22N4O2/c1-3-28-19-13-11-18(12-14-19)20-16(2)21(25-24-20)22(27)26-23-15-7-10-17-8-5-4-6-9-17/h4-15H,3H2,1-2H3,(H,24,25)(H,26,27). The summed E-state index contributed by atoms with van der Waals surface area (Å²) in [5.41, 5.74) is 6.34. The number of nitrogens with zero attached hydrogens (tertiary/aromatic N) is 2. The van der Waals surface area contributed by atoms with Gasteiger partial charge in [0.15, 0.2) is 0 Å². The Morgan fingerprint density at radius 3 is 2.64 bits per heavy atom. The number of hydrogen-bond acceptors (Lipinski definition) is 4. The number of benzene rings is 2. The molecule has 6 nitrogen and oxygen atoms in total. The van der Waals surface area contributed by atoms with E-state index in [2.05, 4.69) is 20.7 Å². The first kappa shape index (κ1) is 19.1. The Hall–Kier alpha value is -3.67. The van der Waals surface area contributed by atoms with Gasteiger partial charge in [0.05, 0.1) is 12.3 Å². The number of nitrogens with one attached hydrogen (secondary N) is 2. The molecule has 0 unspecified atom stereocenters. The van der Waals surface area contributed by atoms with Crippen molar-refractivity contribution >= 4 is 18.2 Å². The van der Waals surface area contributed by atoms with Crippen LogP contribution in [-0.4, -0.2) is 28.9 Å². The summed E-state index contributed by atoms with van der Waals surface area (Å²) in [5.74, 6) is 0.460. The maximum absolute atomic E-state index is 12.3. The van der Waals surface area contributed by atoms with E-state index < -0.39 is 0 Å². The van der Waals surface area contributed by atoms with Gasteiger partial charge in [0.2, 0.25) is 0 Å². The summed E-state index contributed by atoms with van der Waals surface area (Å²) < 4.78 is 5.45. The van der Waals surface area contributed by atoms with Crippen molar-refractivity contribution in [2.45, 2.75) is 13.8 Å². The zero-order chi connectivity index (χ0) is 19.8. The normalized spacial score (nSPS) is 11.2. The molecule has 1 amide bonds. The molecule has 6 heteroatoms. The van der Waals surface area contributed by atoms with Crippen LogP contribution in [0.2, 0.25) is 0 Å². The number of carbonyl (C=O) groups is 1. The monoisotopic (exact) mass is 374 g/mol. The molecule has 3 rings (SSSR count). The fraction of sp³-hybridized carbons (Fsp3) is 0.136. The molecule has 0 aliphatic heterocycles. The fourth-order valence-electron chi connectivity index (χ4n) is 2.69. The van der Waals surface area contributed by atoms with Crippen molar-refractivity contribution in [3.05, 3.63) is 77.5 Å². The second-order valence-corrected chi connectivity index (χ2v) is 6.02. The minimum Gasteiger partial charge on any atom is -0.494 e. The Bertz CT molecular complexity index is 974. The number of carbonyl (C=O) groups excluding carboxylic acids is 1. The van der Waals surface area contributed by atoms with Crippen LogP contribution in [0.25, 0.3) is 17.3 Å². The third kappa shape index (κ3) is 4.73. The molecule has 1 heterocycles. The van der Waals surface area contributed by atoms with E-state index in [1.165, 1.54) is 6.21 Å². The van der Waals surface area contributed by atoms with Gasteiger partial charge in [-0.2, -0.15) is 10.2 Å². The van der Waals surface area contributed by atoms with E-state index in [1.54, 1.807) is 6.08 Å². The smallest absolute Gasteiger partial charge is 0.289 e. The third-order valence-corrected chi connectivity index (χ3v) is 4.09. The number of amides is 1. The number of H-pyrrole nitrogens is 1. The molecule has 2 N–H and O–H groups in total. The fourth-order valence-corrected chi connectivity index (χ4v) is 2.69. The van der Waals surface area contributed by atoms with Crippen molar-refractivity contribution in [2.24, 2.45) is 5.10 Å². The molecule has 1 aromatic heterocycles. The molecule has 0 aliphatic rings. The van der Waals surface area contributed by atoms with E-state index in [-0.39, 0.29) is 5.91 Å². The molecule has 0 aliphatic carbocycles. The summed E-state index contributed by atoms with van der Waals surface area (Å²) in [6.07, 6.45) is 5.20. The maximum atomic E-state index is 12.3. The second-order valence-electron chi connectivity index (χ2n) is 6.02. The molecule has 28 heavy (non-hydrogen) atoms. The zero-order valence-corrected chi connectivity index (χ0v) is 15.8. The van der Waals surface area contributed by atoms with E-state index in [1.807, 2.05) is 74.5 Å². The summed E-state index contributed by atoms with van der Waals surface area (Å²) in [5, 5.41) is 11.0. The number of hydrazone groups is 1. The molecule has 142 valence electrons. The lowest BCUT2D eigenvalue weighted by Gasteiger charge is -2.04. The Labute approximate surface area is 163 Å². The van der Waals surface area contributed by atoms with Gasteiger partial charge in [0.25, 0.3) is 5.91 Å². The van der Waals surface area contributed by atoms with Gasteiger partial charge >= 0.3 is 0 Å². The molecule has 2 aromatic carbocycles. The number of ether oxygens (including phenoxy) is 1. The average molecular weight is 374 g/mol. The van der Waals surface area contributed by atoms with Crippen molar-refractivity contribution in [1.29, 1.82) is 0 Å².